The molecule has 1 saturated heterocycles. The summed E-state index contributed by atoms with van der Waals surface area (Å²) < 4.78 is 11.7. The fourth-order valence-electron chi connectivity index (χ4n) is 3.09. The van der Waals surface area contributed by atoms with Gasteiger partial charge in [-0.3, -0.25) is 4.79 Å². The molecule has 0 radical (unpaired) electrons. The van der Waals surface area contributed by atoms with Crippen LogP contribution in [-0.2, 0) is 11.2 Å². The first kappa shape index (κ1) is 15.2. The summed E-state index contributed by atoms with van der Waals surface area (Å²) in [4.78, 5) is 14.1. The third-order valence-electron chi connectivity index (χ3n) is 4.13. The fraction of sp³-hybridized carbons (Fsp3) is 0.588. The Bertz CT molecular complexity index is 571. The minimum atomic E-state index is -0.209. The average molecular weight is 304 g/mol. The van der Waals surface area contributed by atoms with E-state index < -0.39 is 0 Å². The Morgan fingerprint density at radius 2 is 2.32 bits per heavy atom. The second kappa shape index (κ2) is 5.80. The van der Waals surface area contributed by atoms with Crippen LogP contribution in [0.15, 0.2) is 18.2 Å². The number of nitrogens with zero attached hydrogens (tertiary/aromatic N) is 1. The molecule has 1 atom stereocenters. The van der Waals surface area contributed by atoms with E-state index in [9.17, 15) is 4.79 Å². The summed E-state index contributed by atoms with van der Waals surface area (Å²) in [5, 5.41) is 3.33. The molecule has 0 unspecified atom stereocenters. The number of amides is 1. The maximum atomic E-state index is 12.3. The molecule has 2 aliphatic rings. The van der Waals surface area contributed by atoms with E-state index >= 15 is 0 Å². The number of benzene rings is 1. The van der Waals surface area contributed by atoms with Gasteiger partial charge >= 0.3 is 0 Å². The largest absolute Gasteiger partial charge is 0.483 e. The second-order valence-electron chi connectivity index (χ2n) is 6.77. The highest BCUT2D eigenvalue weighted by atomic mass is 16.5. The molecule has 1 amide bonds. The van der Waals surface area contributed by atoms with Gasteiger partial charge in [-0.15, -0.1) is 0 Å². The van der Waals surface area contributed by atoms with Crippen LogP contribution in [0.3, 0.4) is 0 Å². The normalized spacial score (nSPS) is 22.9. The summed E-state index contributed by atoms with van der Waals surface area (Å²) in [7, 11) is 0. The molecule has 1 fully saturated rings. The van der Waals surface area contributed by atoms with Gasteiger partial charge in [-0.05, 0) is 26.8 Å². The van der Waals surface area contributed by atoms with E-state index in [2.05, 4.69) is 32.2 Å². The van der Waals surface area contributed by atoms with Crippen molar-refractivity contribution in [2.24, 2.45) is 0 Å². The van der Waals surface area contributed by atoms with E-state index in [1.54, 1.807) is 0 Å². The zero-order valence-electron chi connectivity index (χ0n) is 13.5. The summed E-state index contributed by atoms with van der Waals surface area (Å²) in [6.45, 7) is 8.58. The van der Waals surface area contributed by atoms with Crippen molar-refractivity contribution in [1.82, 2.24) is 10.2 Å². The monoisotopic (exact) mass is 304 g/mol. The van der Waals surface area contributed by atoms with Gasteiger partial charge in [-0.2, -0.15) is 0 Å². The lowest BCUT2D eigenvalue weighted by Crippen LogP contribution is -2.52. The third-order valence-corrected chi connectivity index (χ3v) is 4.13. The SMILES string of the molecule is C[C@@H]1CN(C(=O)COc2cccc3c2OC(C)(C)C3)CCN1. The summed E-state index contributed by atoms with van der Waals surface area (Å²) in [6, 6.07) is 6.21. The van der Waals surface area contributed by atoms with Crippen LogP contribution in [0.25, 0.3) is 0 Å². The van der Waals surface area contributed by atoms with E-state index in [0.717, 1.165) is 37.4 Å². The van der Waals surface area contributed by atoms with Gasteiger partial charge in [-0.25, -0.2) is 0 Å². The number of fused-ring (bicyclic) bond motifs is 1. The summed E-state index contributed by atoms with van der Waals surface area (Å²) in [6.07, 6.45) is 0.864. The van der Waals surface area contributed by atoms with Crippen LogP contribution in [0.5, 0.6) is 11.5 Å². The van der Waals surface area contributed by atoms with Crippen molar-refractivity contribution in [3.63, 3.8) is 0 Å². The maximum absolute atomic E-state index is 12.3. The summed E-state index contributed by atoms with van der Waals surface area (Å²) >= 11 is 0. The van der Waals surface area contributed by atoms with E-state index in [-0.39, 0.29) is 18.1 Å². The third kappa shape index (κ3) is 3.19. The lowest BCUT2D eigenvalue weighted by molar-refractivity contribution is -0.134. The van der Waals surface area contributed by atoms with Gasteiger partial charge in [0, 0.05) is 37.7 Å². The minimum Gasteiger partial charge on any atom is -0.483 e. The highest BCUT2D eigenvalue weighted by Crippen LogP contribution is 2.41. The highest BCUT2D eigenvalue weighted by molar-refractivity contribution is 5.78. The number of hydrogen-bond donors (Lipinski definition) is 1. The van der Waals surface area contributed by atoms with Crippen molar-refractivity contribution < 1.29 is 14.3 Å². The van der Waals surface area contributed by atoms with E-state index in [4.69, 9.17) is 9.47 Å². The number of ether oxygens (including phenoxy) is 2. The first-order chi connectivity index (χ1) is 10.4. The van der Waals surface area contributed by atoms with Crippen LogP contribution in [0.4, 0.5) is 0 Å². The van der Waals surface area contributed by atoms with Crippen molar-refractivity contribution in [3.8, 4) is 11.5 Å². The van der Waals surface area contributed by atoms with Crippen LogP contribution in [0.1, 0.15) is 26.3 Å². The average Bonchev–Trinajstić information content (AvgIpc) is 2.79. The van der Waals surface area contributed by atoms with Gasteiger partial charge in [0.2, 0.25) is 0 Å². The molecular formula is C17H24N2O3. The summed E-state index contributed by atoms with van der Waals surface area (Å²) in [5.74, 6) is 1.48. The van der Waals surface area contributed by atoms with Crippen LogP contribution >= 0.6 is 0 Å². The molecule has 120 valence electrons. The Labute approximate surface area is 131 Å². The molecule has 0 spiro atoms. The zero-order valence-corrected chi connectivity index (χ0v) is 13.5. The van der Waals surface area contributed by atoms with Gasteiger partial charge in [-0.1, -0.05) is 12.1 Å². The Balaban J connectivity index is 1.63. The van der Waals surface area contributed by atoms with Crippen LogP contribution in [0.2, 0.25) is 0 Å². The Morgan fingerprint density at radius 1 is 1.50 bits per heavy atom. The number of para-hydroxylation sites is 1. The molecule has 0 aliphatic carbocycles. The van der Waals surface area contributed by atoms with E-state index in [1.807, 2.05) is 17.0 Å². The number of carbonyl (C=O) groups excluding carboxylic acids is 1. The number of carbonyl (C=O) groups is 1. The molecule has 2 aliphatic heterocycles. The molecular weight excluding hydrogens is 280 g/mol. The van der Waals surface area contributed by atoms with Crippen LogP contribution in [-0.4, -0.2) is 48.7 Å². The van der Waals surface area contributed by atoms with E-state index in [0.29, 0.717) is 11.8 Å². The molecule has 2 heterocycles. The van der Waals surface area contributed by atoms with Crippen molar-refractivity contribution in [3.05, 3.63) is 23.8 Å². The number of nitrogens with one attached hydrogen (secondary N) is 1. The molecule has 5 heteroatoms. The highest BCUT2D eigenvalue weighted by Gasteiger charge is 2.32. The van der Waals surface area contributed by atoms with Crippen LogP contribution < -0.4 is 14.8 Å². The predicted molar refractivity (Wildman–Crippen MR) is 84.4 cm³/mol. The number of rotatable bonds is 3. The van der Waals surface area contributed by atoms with Gasteiger partial charge in [0.15, 0.2) is 18.1 Å². The molecule has 3 rings (SSSR count). The fourth-order valence-corrected chi connectivity index (χ4v) is 3.09. The Morgan fingerprint density at radius 3 is 3.09 bits per heavy atom. The Kier molecular flexibility index (Phi) is 4.00. The molecule has 5 nitrogen and oxygen atoms in total. The minimum absolute atomic E-state index is 0.0308. The smallest absolute Gasteiger partial charge is 0.260 e. The molecule has 0 bridgehead atoms. The second-order valence-corrected chi connectivity index (χ2v) is 6.77. The lowest BCUT2D eigenvalue weighted by atomic mass is 10.0. The molecule has 1 aromatic rings. The maximum Gasteiger partial charge on any atom is 0.260 e. The van der Waals surface area contributed by atoms with Crippen LogP contribution in [0, 0.1) is 0 Å². The molecule has 1 aromatic carbocycles. The van der Waals surface area contributed by atoms with Crippen molar-refractivity contribution in [2.45, 2.75) is 38.8 Å². The van der Waals surface area contributed by atoms with Gasteiger partial charge in [0.25, 0.3) is 5.91 Å². The van der Waals surface area contributed by atoms with Gasteiger partial charge < -0.3 is 19.7 Å². The molecule has 22 heavy (non-hydrogen) atoms. The number of piperazine rings is 1. The predicted octanol–water partition coefficient (Wildman–Crippen LogP) is 1.60. The van der Waals surface area contributed by atoms with Crippen molar-refractivity contribution >= 4 is 5.91 Å². The molecule has 0 aromatic heterocycles. The van der Waals surface area contributed by atoms with Gasteiger partial charge in [0.1, 0.15) is 5.60 Å². The summed E-state index contributed by atoms with van der Waals surface area (Å²) in [5.41, 5.74) is 0.936. The molecule has 0 saturated carbocycles. The van der Waals surface area contributed by atoms with E-state index in [1.165, 1.54) is 0 Å². The first-order valence-electron chi connectivity index (χ1n) is 7.89. The van der Waals surface area contributed by atoms with Gasteiger partial charge in [0.05, 0.1) is 0 Å². The standard InChI is InChI=1S/C17H24N2O3/c1-12-10-19(8-7-18-12)15(20)11-21-14-6-4-5-13-9-17(2,3)22-16(13)14/h4-6,12,18H,7-11H2,1-3H3/t12-/m1/s1. The quantitative estimate of drug-likeness (QED) is 0.921. The van der Waals surface area contributed by atoms with Crippen molar-refractivity contribution in [2.75, 3.05) is 26.2 Å². The Hall–Kier alpha value is -1.75. The number of hydrogen-bond acceptors (Lipinski definition) is 4. The zero-order chi connectivity index (χ0) is 15.7. The topological polar surface area (TPSA) is 50.8 Å². The first-order valence-corrected chi connectivity index (χ1v) is 7.89. The van der Waals surface area contributed by atoms with Crippen molar-refractivity contribution in [1.29, 1.82) is 0 Å². The lowest BCUT2D eigenvalue weighted by Gasteiger charge is -2.31. The molecule has 1 N–H and O–H groups in total.